The number of carbonyl (C=O) groups excluding carboxylic acids is 3. The molecular formula is C52H61ClF3N3O7. The molecule has 1 amide bonds. The van der Waals surface area contributed by atoms with Gasteiger partial charge in [-0.1, -0.05) is 67.9 Å². The number of aromatic nitrogens is 1. The number of methoxy groups -OCH3 is 1. The lowest BCUT2D eigenvalue weighted by atomic mass is 9.59. The minimum atomic E-state index is -5.28. The predicted molar refractivity (Wildman–Crippen MR) is 247 cm³/mol. The number of hydrogen-bond acceptors (Lipinski definition) is 9. The number of amides is 1. The van der Waals surface area contributed by atoms with E-state index in [4.69, 9.17) is 30.5 Å². The van der Waals surface area contributed by atoms with Crippen molar-refractivity contribution in [1.29, 1.82) is 0 Å². The third-order valence-corrected chi connectivity index (χ3v) is 14.2. The Morgan fingerprint density at radius 3 is 2.45 bits per heavy atom. The van der Waals surface area contributed by atoms with Crippen molar-refractivity contribution >= 4 is 35.1 Å². The second-order valence-electron chi connectivity index (χ2n) is 18.2. The molecule has 0 bridgehead atoms. The molecule has 1 N–H and O–H groups in total. The van der Waals surface area contributed by atoms with Gasteiger partial charge in [0.1, 0.15) is 23.1 Å². The molecule has 3 aromatic carbocycles. The zero-order valence-corrected chi connectivity index (χ0v) is 39.0. The smallest absolute Gasteiger partial charge is 0.471 e. The number of carbonyl (C=O) groups is 3. The van der Waals surface area contributed by atoms with Crippen LogP contribution >= 0.6 is 11.6 Å². The molecule has 1 aromatic heterocycles. The number of anilines is 1. The molecule has 1 saturated carbocycles. The molecule has 0 aliphatic heterocycles. The number of aryl methyl sites for hydroxylation is 1. The number of pyridine rings is 1. The molecule has 1 fully saturated rings. The van der Waals surface area contributed by atoms with E-state index in [9.17, 15) is 27.6 Å². The van der Waals surface area contributed by atoms with E-state index in [1.54, 1.807) is 6.92 Å². The Hall–Kier alpha value is -5.14. The SMILES string of the molecule is CCOC(=O)[C@H](NCCCCOc1ccc2c(c1)C1(CCC(C(=O)OC)(N(C(=O)C(F)(F)F)c3cccc(Cl)c3)CC1)[C@@H](C[C@@H](C)COc1ccnc3c1[C@H](C)CCC3)C2)c1ccccc1. The maximum Gasteiger partial charge on any atom is 0.471 e. The van der Waals surface area contributed by atoms with Gasteiger partial charge in [-0.05, 0) is 160 Å². The van der Waals surface area contributed by atoms with Crippen LogP contribution in [0.1, 0.15) is 118 Å². The zero-order valence-electron chi connectivity index (χ0n) is 38.3. The minimum Gasteiger partial charge on any atom is -0.494 e. The number of benzene rings is 3. The number of alkyl halides is 3. The van der Waals surface area contributed by atoms with Crippen molar-refractivity contribution in [3.63, 3.8) is 0 Å². The maximum absolute atomic E-state index is 14.5. The quantitative estimate of drug-likeness (QED) is 0.0769. The van der Waals surface area contributed by atoms with Crippen LogP contribution in [-0.2, 0) is 42.1 Å². The van der Waals surface area contributed by atoms with E-state index in [1.165, 1.54) is 29.8 Å². The summed E-state index contributed by atoms with van der Waals surface area (Å²) in [6, 6.07) is 22.5. The number of hydrogen-bond donors (Lipinski definition) is 1. The molecule has 1 heterocycles. The molecule has 0 radical (unpaired) electrons. The Balaban J connectivity index is 1.12. The lowest BCUT2D eigenvalue weighted by Gasteiger charge is -2.51. The minimum absolute atomic E-state index is 0.0447. The van der Waals surface area contributed by atoms with Gasteiger partial charge in [-0.2, -0.15) is 13.2 Å². The summed E-state index contributed by atoms with van der Waals surface area (Å²) in [6.07, 6.45) is 3.01. The number of nitrogens with one attached hydrogen (secondary N) is 1. The van der Waals surface area contributed by atoms with Gasteiger partial charge in [0, 0.05) is 28.2 Å². The summed E-state index contributed by atoms with van der Waals surface area (Å²) in [7, 11) is 1.14. The summed E-state index contributed by atoms with van der Waals surface area (Å²) < 4.78 is 67.1. The standard InChI is InChI=1S/C52H61ClF3N3O7/c1-5-64-47(60)46(36-14-7-6-8-15-36)58-26-9-10-28-65-41-20-19-37-30-38(29-34(2)33-66-44-21-27-57-43-18-11-13-35(3)45(43)44)50(42(37)32-41)22-24-51(25-23-50,49(62)63-4)59(48(61)52(54,55)56)40-17-12-16-39(53)31-40/h6-8,12,14-17,19-21,27,31-32,34-35,38,46,58H,5,9-11,13,18,22-26,28-30,33H2,1-4H3/t34-,35-,38+,46-,50?,51?/m1/s1. The summed E-state index contributed by atoms with van der Waals surface area (Å²) >= 11 is 6.29. The molecule has 0 saturated heterocycles. The Morgan fingerprint density at radius 2 is 1.74 bits per heavy atom. The van der Waals surface area contributed by atoms with Gasteiger partial charge < -0.3 is 24.3 Å². The Labute approximate surface area is 390 Å². The van der Waals surface area contributed by atoms with Crippen LogP contribution in [-0.4, -0.2) is 68.0 Å². The summed E-state index contributed by atoms with van der Waals surface area (Å²) in [5.74, 6) is -1.37. The average Bonchev–Trinajstić information content (AvgIpc) is 3.59. The van der Waals surface area contributed by atoms with Gasteiger partial charge in [0.05, 0.1) is 26.9 Å². The predicted octanol–water partition coefficient (Wildman–Crippen LogP) is 10.8. The lowest BCUT2D eigenvalue weighted by molar-refractivity contribution is -0.174. The molecule has 0 unspecified atom stereocenters. The fraction of sp³-hybridized carbons (Fsp3) is 0.500. The third-order valence-electron chi connectivity index (χ3n) is 14.0. The van der Waals surface area contributed by atoms with Crippen LogP contribution in [0.2, 0.25) is 5.02 Å². The van der Waals surface area contributed by atoms with Crippen LogP contribution in [0.15, 0.2) is 85.1 Å². The van der Waals surface area contributed by atoms with E-state index in [1.807, 2.05) is 48.7 Å². The summed E-state index contributed by atoms with van der Waals surface area (Å²) in [5.41, 5.74) is 2.63. The van der Waals surface area contributed by atoms with E-state index >= 15 is 0 Å². The second-order valence-corrected chi connectivity index (χ2v) is 18.7. The van der Waals surface area contributed by atoms with Crippen molar-refractivity contribution in [2.45, 2.75) is 120 Å². The summed E-state index contributed by atoms with van der Waals surface area (Å²) in [6.45, 7) is 7.89. The highest BCUT2D eigenvalue weighted by Gasteiger charge is 2.60. The number of ether oxygens (including phenoxy) is 4. The first-order chi connectivity index (χ1) is 31.7. The highest BCUT2D eigenvalue weighted by atomic mass is 35.5. The number of unbranched alkanes of at least 4 members (excludes halogenated alkanes) is 1. The Morgan fingerprint density at radius 1 is 0.970 bits per heavy atom. The van der Waals surface area contributed by atoms with Crippen LogP contribution in [0.25, 0.3) is 0 Å². The number of halogens is 4. The van der Waals surface area contributed by atoms with Gasteiger partial charge >= 0.3 is 24.0 Å². The summed E-state index contributed by atoms with van der Waals surface area (Å²) in [5, 5.41) is 3.46. The normalized spacial score (nSPS) is 22.1. The molecule has 66 heavy (non-hydrogen) atoms. The van der Waals surface area contributed by atoms with Crippen molar-refractivity contribution < 1.29 is 46.5 Å². The molecule has 354 valence electrons. The summed E-state index contributed by atoms with van der Waals surface area (Å²) in [4.78, 5) is 45.5. The highest BCUT2D eigenvalue weighted by Crippen LogP contribution is 2.58. The van der Waals surface area contributed by atoms with E-state index in [0.717, 1.165) is 73.8 Å². The molecule has 14 heteroatoms. The number of rotatable bonds is 18. The highest BCUT2D eigenvalue weighted by molar-refractivity contribution is 6.31. The van der Waals surface area contributed by atoms with E-state index < -0.39 is 35.0 Å². The largest absolute Gasteiger partial charge is 0.494 e. The second kappa shape index (κ2) is 21.2. The van der Waals surface area contributed by atoms with Crippen molar-refractivity contribution in [3.05, 3.63) is 118 Å². The van der Waals surface area contributed by atoms with Crippen molar-refractivity contribution in [2.24, 2.45) is 11.8 Å². The molecule has 3 aliphatic rings. The van der Waals surface area contributed by atoms with Gasteiger partial charge in [0.15, 0.2) is 0 Å². The molecule has 4 aromatic rings. The van der Waals surface area contributed by atoms with E-state index in [2.05, 4.69) is 36.3 Å². The Kier molecular flexibility index (Phi) is 15.7. The van der Waals surface area contributed by atoms with Gasteiger partial charge in [-0.3, -0.25) is 14.7 Å². The lowest BCUT2D eigenvalue weighted by Crippen LogP contribution is -2.63. The fourth-order valence-electron chi connectivity index (χ4n) is 10.8. The first kappa shape index (κ1) is 48.8. The Bertz CT molecular complexity index is 2320. The molecule has 3 aliphatic carbocycles. The van der Waals surface area contributed by atoms with Crippen LogP contribution in [0.5, 0.6) is 11.5 Å². The first-order valence-corrected chi connectivity index (χ1v) is 23.7. The topological polar surface area (TPSA) is 116 Å². The van der Waals surface area contributed by atoms with Gasteiger partial charge in [-0.25, -0.2) is 9.59 Å². The van der Waals surface area contributed by atoms with Crippen molar-refractivity contribution in [2.75, 3.05) is 38.4 Å². The van der Waals surface area contributed by atoms with Gasteiger partial charge in [0.2, 0.25) is 0 Å². The first-order valence-electron chi connectivity index (χ1n) is 23.3. The van der Waals surface area contributed by atoms with E-state index in [-0.39, 0.29) is 48.0 Å². The average molecular weight is 933 g/mol. The fourth-order valence-corrected chi connectivity index (χ4v) is 11.0. The molecular weight excluding hydrogens is 871 g/mol. The maximum atomic E-state index is 14.5. The molecule has 4 atom stereocenters. The third kappa shape index (κ3) is 10.5. The number of nitrogens with zero attached hydrogens (tertiary/aromatic N) is 2. The molecule has 7 rings (SSSR count). The van der Waals surface area contributed by atoms with Crippen LogP contribution in [0, 0.1) is 11.8 Å². The van der Waals surface area contributed by atoms with Gasteiger partial charge in [0.25, 0.3) is 0 Å². The van der Waals surface area contributed by atoms with Crippen molar-refractivity contribution in [1.82, 2.24) is 10.3 Å². The van der Waals surface area contributed by atoms with E-state index in [0.29, 0.717) is 55.6 Å². The van der Waals surface area contributed by atoms with Crippen LogP contribution < -0.4 is 19.7 Å². The van der Waals surface area contributed by atoms with Crippen LogP contribution in [0.4, 0.5) is 18.9 Å². The number of esters is 2. The van der Waals surface area contributed by atoms with Crippen molar-refractivity contribution in [3.8, 4) is 11.5 Å². The zero-order chi connectivity index (χ0) is 47.1. The molecule has 1 spiro atoms. The van der Waals surface area contributed by atoms with Gasteiger partial charge in [-0.15, -0.1) is 0 Å². The number of fused-ring (bicyclic) bond motifs is 3. The molecule has 10 nitrogen and oxygen atoms in total. The monoisotopic (exact) mass is 931 g/mol. The van der Waals surface area contributed by atoms with Crippen LogP contribution in [0.3, 0.4) is 0 Å².